The zero-order chi connectivity index (χ0) is 16.2. The summed E-state index contributed by atoms with van der Waals surface area (Å²) in [5, 5.41) is 3.09. The molecule has 4 nitrogen and oxygen atoms in total. The summed E-state index contributed by atoms with van der Waals surface area (Å²) >= 11 is 6.91. The summed E-state index contributed by atoms with van der Waals surface area (Å²) in [7, 11) is 0. The van der Waals surface area contributed by atoms with Gasteiger partial charge in [0.15, 0.2) is 5.72 Å². The zero-order valence-electron chi connectivity index (χ0n) is 12.3. The van der Waals surface area contributed by atoms with Gasteiger partial charge in [0.2, 0.25) is 0 Å². The van der Waals surface area contributed by atoms with E-state index in [2.05, 4.69) is 37.2 Å². The van der Waals surface area contributed by atoms with Crippen LogP contribution in [0, 0.1) is 0 Å². The summed E-state index contributed by atoms with van der Waals surface area (Å²) in [6.45, 7) is 1.96. The number of carbonyl (C=O) groups is 1. The van der Waals surface area contributed by atoms with Crippen molar-refractivity contribution in [3.8, 4) is 5.75 Å². The molecular weight excluding hydrogens is 424 g/mol. The Hall–Kier alpha value is -1.53. The summed E-state index contributed by atoms with van der Waals surface area (Å²) in [6, 6.07) is 13.4. The smallest absolute Gasteiger partial charge is 0.325 e. The van der Waals surface area contributed by atoms with Crippen molar-refractivity contribution in [2.24, 2.45) is 0 Å². The minimum absolute atomic E-state index is 0.0413. The van der Waals surface area contributed by atoms with Gasteiger partial charge in [-0.15, -0.1) is 0 Å². The largest absolute Gasteiger partial charge is 0.467 e. The first-order valence-electron chi connectivity index (χ1n) is 7.31. The van der Waals surface area contributed by atoms with Gasteiger partial charge in [-0.2, -0.15) is 0 Å². The standard InChI is InChI=1S/C17H14Br2N2O2/c1-17-9-14(13-8-11(19)4-7-15(13)23-17)20-16(22)21(17)12-5-2-10(18)3-6-12/h2-8,14H,9H2,1H3,(H,20,22). The molecule has 1 saturated heterocycles. The number of hydrogen-bond acceptors (Lipinski definition) is 2. The summed E-state index contributed by atoms with van der Waals surface area (Å²) in [5.74, 6) is 0.814. The molecule has 2 aliphatic rings. The Morgan fingerprint density at radius 2 is 1.87 bits per heavy atom. The molecule has 1 fully saturated rings. The molecule has 0 radical (unpaired) electrons. The molecule has 2 aromatic rings. The maximum absolute atomic E-state index is 12.7. The van der Waals surface area contributed by atoms with Gasteiger partial charge in [-0.25, -0.2) is 4.79 Å². The number of halogens is 2. The summed E-state index contributed by atoms with van der Waals surface area (Å²) in [6.07, 6.45) is 0.693. The lowest BCUT2D eigenvalue weighted by Gasteiger charge is -2.50. The van der Waals surface area contributed by atoms with Gasteiger partial charge < -0.3 is 10.1 Å². The lowest BCUT2D eigenvalue weighted by molar-refractivity contribution is 0.0378. The maximum Gasteiger partial charge on any atom is 0.325 e. The second-order valence-corrected chi connectivity index (χ2v) is 7.81. The zero-order valence-corrected chi connectivity index (χ0v) is 15.5. The van der Waals surface area contributed by atoms with E-state index < -0.39 is 5.72 Å². The molecule has 4 rings (SSSR count). The molecule has 1 N–H and O–H groups in total. The number of benzene rings is 2. The molecule has 0 spiro atoms. The molecule has 2 heterocycles. The molecule has 2 aliphatic heterocycles. The first-order valence-corrected chi connectivity index (χ1v) is 8.90. The number of carbonyl (C=O) groups excluding carboxylic acids is 1. The highest BCUT2D eigenvalue weighted by Crippen LogP contribution is 2.46. The van der Waals surface area contributed by atoms with Crippen LogP contribution < -0.4 is 15.0 Å². The van der Waals surface area contributed by atoms with E-state index in [-0.39, 0.29) is 12.1 Å². The van der Waals surface area contributed by atoms with Crippen LogP contribution in [0.15, 0.2) is 51.4 Å². The minimum Gasteiger partial charge on any atom is -0.467 e. The van der Waals surface area contributed by atoms with Gasteiger partial charge in [-0.05, 0) is 49.4 Å². The number of rotatable bonds is 1. The number of nitrogens with one attached hydrogen (secondary N) is 1. The predicted molar refractivity (Wildman–Crippen MR) is 95.7 cm³/mol. The third kappa shape index (κ3) is 2.44. The van der Waals surface area contributed by atoms with Crippen molar-refractivity contribution in [3.05, 3.63) is 57.0 Å². The second kappa shape index (κ2) is 5.24. The third-order valence-electron chi connectivity index (χ3n) is 4.32. The quantitative estimate of drug-likeness (QED) is 0.683. The number of hydrogen-bond donors (Lipinski definition) is 1. The number of urea groups is 1. The first kappa shape index (κ1) is 15.0. The monoisotopic (exact) mass is 436 g/mol. The first-order chi connectivity index (χ1) is 11.0. The van der Waals surface area contributed by atoms with Crippen LogP contribution in [0.1, 0.15) is 24.9 Å². The van der Waals surface area contributed by atoms with E-state index in [1.807, 2.05) is 49.4 Å². The van der Waals surface area contributed by atoms with E-state index >= 15 is 0 Å². The Kier molecular flexibility index (Phi) is 3.43. The average molecular weight is 438 g/mol. The Bertz CT molecular complexity index is 794. The number of nitrogens with zero attached hydrogens (tertiary/aromatic N) is 1. The fraction of sp³-hybridized carbons (Fsp3) is 0.235. The highest BCUT2D eigenvalue weighted by Gasteiger charge is 2.49. The third-order valence-corrected chi connectivity index (χ3v) is 5.34. The van der Waals surface area contributed by atoms with Crippen molar-refractivity contribution in [1.29, 1.82) is 0 Å². The molecule has 0 saturated carbocycles. The minimum atomic E-state index is -0.707. The molecule has 2 aromatic carbocycles. The van der Waals surface area contributed by atoms with Gasteiger partial charge >= 0.3 is 6.03 Å². The molecule has 0 aliphatic carbocycles. The molecule has 0 aromatic heterocycles. The number of anilines is 1. The maximum atomic E-state index is 12.7. The van der Waals surface area contributed by atoms with Crippen LogP contribution in [-0.2, 0) is 0 Å². The van der Waals surface area contributed by atoms with E-state index in [9.17, 15) is 4.79 Å². The molecule has 6 heteroatoms. The van der Waals surface area contributed by atoms with Crippen LogP contribution in [-0.4, -0.2) is 11.8 Å². The van der Waals surface area contributed by atoms with E-state index in [0.717, 1.165) is 25.9 Å². The van der Waals surface area contributed by atoms with E-state index in [1.54, 1.807) is 4.90 Å². The van der Waals surface area contributed by atoms with E-state index in [0.29, 0.717) is 6.42 Å². The van der Waals surface area contributed by atoms with Crippen LogP contribution in [0.2, 0.25) is 0 Å². The number of ether oxygens (including phenoxy) is 1. The van der Waals surface area contributed by atoms with Gasteiger partial charge in [0, 0.05) is 26.6 Å². The van der Waals surface area contributed by atoms with Crippen molar-refractivity contribution in [1.82, 2.24) is 5.32 Å². The van der Waals surface area contributed by atoms with Crippen LogP contribution in [0.3, 0.4) is 0 Å². The van der Waals surface area contributed by atoms with E-state index in [4.69, 9.17) is 4.74 Å². The van der Waals surface area contributed by atoms with Crippen molar-refractivity contribution < 1.29 is 9.53 Å². The number of fused-ring (bicyclic) bond motifs is 4. The van der Waals surface area contributed by atoms with Crippen LogP contribution in [0.4, 0.5) is 10.5 Å². The molecule has 118 valence electrons. The van der Waals surface area contributed by atoms with Gasteiger partial charge in [-0.3, -0.25) is 4.90 Å². The van der Waals surface area contributed by atoms with Gasteiger partial charge in [0.1, 0.15) is 5.75 Å². The van der Waals surface area contributed by atoms with Gasteiger partial charge in [0.05, 0.1) is 6.04 Å². The fourth-order valence-electron chi connectivity index (χ4n) is 3.33. The lowest BCUT2D eigenvalue weighted by atomic mass is 9.90. The second-order valence-electron chi connectivity index (χ2n) is 5.98. The van der Waals surface area contributed by atoms with E-state index in [1.165, 1.54) is 0 Å². The summed E-state index contributed by atoms with van der Waals surface area (Å²) in [5.41, 5.74) is 1.12. The van der Waals surface area contributed by atoms with Gasteiger partial charge in [0.25, 0.3) is 0 Å². The Balaban J connectivity index is 1.79. The predicted octanol–water partition coefficient (Wildman–Crippen LogP) is 4.98. The van der Waals surface area contributed by atoms with Crippen LogP contribution in [0.25, 0.3) is 0 Å². The fourth-order valence-corrected chi connectivity index (χ4v) is 3.97. The molecule has 23 heavy (non-hydrogen) atoms. The normalized spacial score (nSPS) is 25.4. The molecule has 2 bridgehead atoms. The highest BCUT2D eigenvalue weighted by molar-refractivity contribution is 9.10. The van der Waals surface area contributed by atoms with Crippen molar-refractivity contribution in [2.45, 2.75) is 25.1 Å². The highest BCUT2D eigenvalue weighted by atomic mass is 79.9. The summed E-state index contributed by atoms with van der Waals surface area (Å²) in [4.78, 5) is 14.4. The lowest BCUT2D eigenvalue weighted by Crippen LogP contribution is -2.65. The topological polar surface area (TPSA) is 41.6 Å². The number of amides is 2. The average Bonchev–Trinajstić information content (AvgIpc) is 2.49. The van der Waals surface area contributed by atoms with Crippen molar-refractivity contribution >= 4 is 43.6 Å². The Morgan fingerprint density at radius 3 is 2.61 bits per heavy atom. The molecular formula is C17H14Br2N2O2. The molecule has 2 amide bonds. The van der Waals surface area contributed by atoms with Crippen LogP contribution >= 0.6 is 31.9 Å². The molecule has 2 atom stereocenters. The van der Waals surface area contributed by atoms with Crippen LogP contribution in [0.5, 0.6) is 5.75 Å². The Morgan fingerprint density at radius 1 is 1.17 bits per heavy atom. The Labute approximate surface area is 151 Å². The van der Waals surface area contributed by atoms with Crippen molar-refractivity contribution in [2.75, 3.05) is 4.90 Å². The SMILES string of the molecule is CC12CC(NC(=O)N1c1ccc(Br)cc1)c1cc(Br)ccc1O2. The van der Waals surface area contributed by atoms with Crippen molar-refractivity contribution in [3.63, 3.8) is 0 Å². The summed E-state index contributed by atoms with van der Waals surface area (Å²) < 4.78 is 8.20. The molecule has 2 unspecified atom stereocenters. The van der Waals surface area contributed by atoms with Gasteiger partial charge in [-0.1, -0.05) is 31.9 Å².